The van der Waals surface area contributed by atoms with Gasteiger partial charge < -0.3 is 14.8 Å². The van der Waals surface area contributed by atoms with Gasteiger partial charge in [0, 0.05) is 19.3 Å². The van der Waals surface area contributed by atoms with Gasteiger partial charge >= 0.3 is 0 Å². The fraction of sp³-hybridized carbons (Fsp3) is 0.696. The molecular formula is C23H36N2O3. The minimum atomic E-state index is -0.696. The van der Waals surface area contributed by atoms with Crippen molar-refractivity contribution in [2.75, 3.05) is 38.7 Å². The molecule has 1 saturated heterocycles. The molecule has 0 bridgehead atoms. The van der Waals surface area contributed by atoms with E-state index in [4.69, 9.17) is 9.47 Å². The third-order valence-corrected chi connectivity index (χ3v) is 6.42. The van der Waals surface area contributed by atoms with Crippen molar-refractivity contribution in [3.8, 4) is 5.75 Å². The molecule has 1 aliphatic carbocycles. The Kier molecular flexibility index (Phi) is 7.36. The molecule has 1 saturated carbocycles. The summed E-state index contributed by atoms with van der Waals surface area (Å²) in [6.07, 6.45) is 6.35. The van der Waals surface area contributed by atoms with E-state index in [1.54, 1.807) is 7.11 Å². The van der Waals surface area contributed by atoms with Crippen molar-refractivity contribution in [3.63, 3.8) is 0 Å². The number of nitrogens with zero attached hydrogens (tertiary/aromatic N) is 1. The standard InChI is InChI=1S/C23H36N2O3/c1-18-10-13-25(14-11-18)15-16-28-21-8-6-20(7-9-21)24-22(26)23(27-3)12-4-5-19(2)17-23/h6-9,18-19H,4-5,10-17H2,1-3H3,(H,24,26)/t19-,23-/m1/s1. The van der Waals surface area contributed by atoms with Gasteiger partial charge in [0.15, 0.2) is 0 Å². The minimum absolute atomic E-state index is 0.0328. The molecule has 156 valence electrons. The SMILES string of the molecule is CO[C@]1(C(=O)Nc2ccc(OCCN3CCC(C)CC3)cc2)CCC[C@@H](C)C1. The minimum Gasteiger partial charge on any atom is -0.492 e. The lowest BCUT2D eigenvalue weighted by molar-refractivity contribution is -0.143. The lowest BCUT2D eigenvalue weighted by atomic mass is 9.78. The number of ether oxygens (including phenoxy) is 2. The second kappa shape index (κ2) is 9.75. The van der Waals surface area contributed by atoms with Gasteiger partial charge in [-0.25, -0.2) is 0 Å². The predicted molar refractivity (Wildman–Crippen MR) is 113 cm³/mol. The van der Waals surface area contributed by atoms with Gasteiger partial charge in [0.05, 0.1) is 0 Å². The van der Waals surface area contributed by atoms with Crippen molar-refractivity contribution in [2.24, 2.45) is 11.8 Å². The molecule has 0 spiro atoms. The molecule has 2 aliphatic rings. The fourth-order valence-electron chi connectivity index (χ4n) is 4.45. The Labute approximate surface area is 169 Å². The molecule has 28 heavy (non-hydrogen) atoms. The second-order valence-corrected chi connectivity index (χ2v) is 8.75. The van der Waals surface area contributed by atoms with Crippen LogP contribution in [0.25, 0.3) is 0 Å². The van der Waals surface area contributed by atoms with Crippen LogP contribution in [0.4, 0.5) is 5.69 Å². The fourth-order valence-corrected chi connectivity index (χ4v) is 4.45. The number of amides is 1. The van der Waals surface area contributed by atoms with E-state index < -0.39 is 5.60 Å². The van der Waals surface area contributed by atoms with Crippen molar-refractivity contribution in [1.29, 1.82) is 0 Å². The topological polar surface area (TPSA) is 50.8 Å². The Balaban J connectivity index is 1.46. The van der Waals surface area contributed by atoms with E-state index in [-0.39, 0.29) is 5.91 Å². The highest BCUT2D eigenvalue weighted by Gasteiger charge is 2.41. The molecule has 0 radical (unpaired) electrons. The van der Waals surface area contributed by atoms with Gasteiger partial charge in [-0.1, -0.05) is 20.3 Å². The van der Waals surface area contributed by atoms with E-state index in [1.165, 1.54) is 32.4 Å². The van der Waals surface area contributed by atoms with Gasteiger partial charge in [0.25, 0.3) is 5.91 Å². The van der Waals surface area contributed by atoms with Crippen molar-refractivity contribution < 1.29 is 14.3 Å². The Morgan fingerprint density at radius 1 is 1.14 bits per heavy atom. The molecule has 1 amide bonds. The van der Waals surface area contributed by atoms with Crippen LogP contribution in [-0.4, -0.2) is 49.8 Å². The normalized spacial score (nSPS) is 26.8. The van der Waals surface area contributed by atoms with Crippen LogP contribution in [0.2, 0.25) is 0 Å². The van der Waals surface area contributed by atoms with Gasteiger partial charge in [0.2, 0.25) is 0 Å². The van der Waals surface area contributed by atoms with Gasteiger partial charge in [-0.15, -0.1) is 0 Å². The van der Waals surface area contributed by atoms with Crippen molar-refractivity contribution in [3.05, 3.63) is 24.3 Å². The van der Waals surface area contributed by atoms with E-state index in [0.717, 1.165) is 43.2 Å². The van der Waals surface area contributed by atoms with Crippen molar-refractivity contribution in [1.82, 2.24) is 4.90 Å². The highest BCUT2D eigenvalue weighted by atomic mass is 16.5. The summed E-state index contributed by atoms with van der Waals surface area (Å²) < 4.78 is 11.6. The van der Waals surface area contributed by atoms with Crippen LogP contribution in [-0.2, 0) is 9.53 Å². The first-order valence-corrected chi connectivity index (χ1v) is 10.8. The maximum Gasteiger partial charge on any atom is 0.256 e. The number of carbonyl (C=O) groups excluding carboxylic acids is 1. The van der Waals surface area contributed by atoms with E-state index in [0.29, 0.717) is 12.5 Å². The molecule has 1 aromatic rings. The third kappa shape index (κ3) is 5.48. The maximum atomic E-state index is 12.8. The van der Waals surface area contributed by atoms with Gasteiger partial charge in [-0.2, -0.15) is 0 Å². The van der Waals surface area contributed by atoms with Gasteiger partial charge in [-0.3, -0.25) is 9.69 Å². The van der Waals surface area contributed by atoms with Crippen LogP contribution in [0, 0.1) is 11.8 Å². The number of nitrogens with one attached hydrogen (secondary N) is 1. The van der Waals surface area contributed by atoms with Crippen LogP contribution in [0.5, 0.6) is 5.75 Å². The lowest BCUT2D eigenvalue weighted by Gasteiger charge is -2.37. The highest BCUT2D eigenvalue weighted by Crippen LogP contribution is 2.35. The maximum absolute atomic E-state index is 12.8. The number of carbonyl (C=O) groups is 1. The Morgan fingerprint density at radius 2 is 1.86 bits per heavy atom. The molecule has 3 rings (SSSR count). The number of hydrogen-bond acceptors (Lipinski definition) is 4. The number of piperidine rings is 1. The first-order valence-electron chi connectivity index (χ1n) is 10.8. The second-order valence-electron chi connectivity index (χ2n) is 8.75. The third-order valence-electron chi connectivity index (χ3n) is 6.42. The van der Waals surface area contributed by atoms with Gasteiger partial charge in [0.1, 0.15) is 18.0 Å². The van der Waals surface area contributed by atoms with Crippen LogP contribution < -0.4 is 10.1 Å². The van der Waals surface area contributed by atoms with Crippen LogP contribution in [0.15, 0.2) is 24.3 Å². The number of methoxy groups -OCH3 is 1. The Morgan fingerprint density at radius 3 is 2.50 bits per heavy atom. The molecule has 2 fully saturated rings. The van der Waals surface area contributed by atoms with Crippen LogP contribution >= 0.6 is 0 Å². The van der Waals surface area contributed by atoms with E-state index >= 15 is 0 Å². The Hall–Kier alpha value is -1.59. The van der Waals surface area contributed by atoms with E-state index in [2.05, 4.69) is 24.1 Å². The zero-order valence-electron chi connectivity index (χ0n) is 17.7. The number of likely N-dealkylation sites (tertiary alicyclic amines) is 1. The zero-order chi connectivity index (χ0) is 20.0. The van der Waals surface area contributed by atoms with Crippen LogP contribution in [0.3, 0.4) is 0 Å². The van der Waals surface area contributed by atoms with Gasteiger partial charge in [-0.05, 0) is 81.3 Å². The summed E-state index contributed by atoms with van der Waals surface area (Å²) in [5, 5.41) is 3.04. The number of hydrogen-bond donors (Lipinski definition) is 1. The summed E-state index contributed by atoms with van der Waals surface area (Å²) in [5.41, 5.74) is 0.0933. The quantitative estimate of drug-likeness (QED) is 0.755. The molecule has 5 nitrogen and oxygen atoms in total. The summed E-state index contributed by atoms with van der Waals surface area (Å²) in [7, 11) is 1.65. The highest BCUT2D eigenvalue weighted by molar-refractivity contribution is 5.97. The average Bonchev–Trinajstić information content (AvgIpc) is 2.70. The molecule has 1 aromatic carbocycles. The first-order chi connectivity index (χ1) is 13.5. The summed E-state index contributed by atoms with van der Waals surface area (Å²) >= 11 is 0. The van der Waals surface area contributed by atoms with E-state index in [9.17, 15) is 4.79 Å². The molecule has 1 heterocycles. The smallest absolute Gasteiger partial charge is 0.256 e. The molecule has 1 aliphatic heterocycles. The largest absolute Gasteiger partial charge is 0.492 e. The molecule has 0 unspecified atom stereocenters. The number of anilines is 1. The predicted octanol–water partition coefficient (Wildman–Crippen LogP) is 4.33. The summed E-state index contributed by atoms with van der Waals surface area (Å²) in [4.78, 5) is 15.3. The Bertz CT molecular complexity index is 625. The first kappa shape index (κ1) is 21.1. The average molecular weight is 389 g/mol. The van der Waals surface area contributed by atoms with Crippen LogP contribution in [0.1, 0.15) is 52.4 Å². The molecule has 2 atom stereocenters. The molecular weight excluding hydrogens is 352 g/mol. The summed E-state index contributed by atoms with van der Waals surface area (Å²) in [6.45, 7) is 8.55. The monoisotopic (exact) mass is 388 g/mol. The van der Waals surface area contributed by atoms with E-state index in [1.807, 2.05) is 24.3 Å². The summed E-state index contributed by atoms with van der Waals surface area (Å²) in [5.74, 6) is 2.18. The number of benzene rings is 1. The zero-order valence-corrected chi connectivity index (χ0v) is 17.7. The number of rotatable bonds is 7. The molecule has 5 heteroatoms. The molecule has 1 N–H and O–H groups in total. The van der Waals surface area contributed by atoms with Crippen molar-refractivity contribution in [2.45, 2.75) is 58.0 Å². The van der Waals surface area contributed by atoms with Crippen molar-refractivity contribution >= 4 is 11.6 Å². The molecule has 0 aromatic heterocycles. The summed E-state index contributed by atoms with van der Waals surface area (Å²) in [6, 6.07) is 7.67. The lowest BCUT2D eigenvalue weighted by Crippen LogP contribution is -2.47.